The van der Waals surface area contributed by atoms with Gasteiger partial charge in [-0.05, 0) is 42.2 Å². The molecule has 0 heterocycles. The van der Waals surface area contributed by atoms with Crippen LogP contribution in [0.2, 0.25) is 0 Å². The highest BCUT2D eigenvalue weighted by atomic mass is 79.9. The molecule has 0 bridgehead atoms. The van der Waals surface area contributed by atoms with Crippen LogP contribution in [-0.4, -0.2) is 26.1 Å². The van der Waals surface area contributed by atoms with Gasteiger partial charge in [-0.15, -0.1) is 0 Å². The molecule has 0 N–H and O–H groups in total. The van der Waals surface area contributed by atoms with Crippen molar-refractivity contribution in [2.45, 2.75) is 6.54 Å². The Morgan fingerprint density at radius 2 is 2.07 bits per heavy atom. The fourth-order valence-corrected chi connectivity index (χ4v) is 1.68. The Hall–Kier alpha value is -0.610. The highest BCUT2D eigenvalue weighted by Crippen LogP contribution is 2.29. The van der Waals surface area contributed by atoms with Gasteiger partial charge in [-0.2, -0.15) is 0 Å². The van der Waals surface area contributed by atoms with Crippen molar-refractivity contribution in [2.75, 3.05) is 21.2 Å². The summed E-state index contributed by atoms with van der Waals surface area (Å²) < 4.78 is 18.9. The molecule has 1 rings (SSSR count). The van der Waals surface area contributed by atoms with E-state index in [2.05, 4.69) is 15.9 Å². The lowest BCUT2D eigenvalue weighted by molar-refractivity contribution is 0.369. The SMILES string of the molecule is COc1ccc(F)c(Br)c1CN(C)C. The summed E-state index contributed by atoms with van der Waals surface area (Å²) >= 11 is 3.22. The average Bonchev–Trinajstić information content (AvgIpc) is 2.13. The van der Waals surface area contributed by atoms with Gasteiger partial charge in [0.1, 0.15) is 11.6 Å². The maximum absolute atomic E-state index is 13.2. The molecule has 0 aromatic heterocycles. The highest BCUT2D eigenvalue weighted by molar-refractivity contribution is 9.10. The second-order valence-corrected chi connectivity index (χ2v) is 4.07. The van der Waals surface area contributed by atoms with E-state index >= 15 is 0 Å². The molecule has 0 aliphatic rings. The smallest absolute Gasteiger partial charge is 0.137 e. The minimum Gasteiger partial charge on any atom is -0.496 e. The topological polar surface area (TPSA) is 12.5 Å². The molecular weight excluding hydrogens is 249 g/mol. The number of hydrogen-bond acceptors (Lipinski definition) is 2. The van der Waals surface area contributed by atoms with E-state index in [9.17, 15) is 4.39 Å². The zero-order valence-electron chi connectivity index (χ0n) is 8.47. The minimum absolute atomic E-state index is 0.261. The molecule has 0 atom stereocenters. The Bertz CT molecular complexity index is 328. The van der Waals surface area contributed by atoms with Gasteiger partial charge < -0.3 is 9.64 Å². The minimum atomic E-state index is -0.261. The van der Waals surface area contributed by atoms with Crippen LogP contribution in [0.4, 0.5) is 4.39 Å². The summed E-state index contributed by atoms with van der Waals surface area (Å²) in [6.45, 7) is 0.640. The molecule has 0 saturated carbocycles. The normalized spacial score (nSPS) is 10.7. The third kappa shape index (κ3) is 2.45. The first kappa shape index (κ1) is 11.5. The van der Waals surface area contributed by atoms with Crippen molar-refractivity contribution in [1.82, 2.24) is 4.90 Å². The van der Waals surface area contributed by atoms with Crippen molar-refractivity contribution in [1.29, 1.82) is 0 Å². The van der Waals surface area contributed by atoms with Gasteiger partial charge in [-0.25, -0.2) is 4.39 Å². The fourth-order valence-electron chi connectivity index (χ4n) is 1.23. The number of benzene rings is 1. The van der Waals surface area contributed by atoms with Crippen molar-refractivity contribution in [3.05, 3.63) is 28.0 Å². The van der Waals surface area contributed by atoms with Gasteiger partial charge in [-0.1, -0.05) is 0 Å². The Morgan fingerprint density at radius 3 is 2.57 bits per heavy atom. The van der Waals surface area contributed by atoms with E-state index in [4.69, 9.17) is 4.74 Å². The van der Waals surface area contributed by atoms with Crippen LogP contribution in [0.5, 0.6) is 5.75 Å². The molecule has 1 aromatic rings. The lowest BCUT2D eigenvalue weighted by atomic mass is 10.2. The van der Waals surface area contributed by atoms with E-state index in [0.29, 0.717) is 16.8 Å². The Balaban J connectivity index is 3.14. The predicted molar refractivity (Wildman–Crippen MR) is 58.0 cm³/mol. The van der Waals surface area contributed by atoms with Crippen molar-refractivity contribution >= 4 is 15.9 Å². The Labute approximate surface area is 91.8 Å². The summed E-state index contributed by atoms with van der Waals surface area (Å²) in [6, 6.07) is 3.03. The van der Waals surface area contributed by atoms with Crippen LogP contribution >= 0.6 is 15.9 Å². The third-order valence-corrected chi connectivity index (χ3v) is 2.70. The average molecular weight is 262 g/mol. The summed E-state index contributed by atoms with van der Waals surface area (Å²) in [4.78, 5) is 1.96. The van der Waals surface area contributed by atoms with Crippen molar-refractivity contribution in [3.63, 3.8) is 0 Å². The van der Waals surface area contributed by atoms with E-state index < -0.39 is 0 Å². The Morgan fingerprint density at radius 1 is 1.43 bits per heavy atom. The molecule has 0 aliphatic heterocycles. The largest absolute Gasteiger partial charge is 0.496 e. The van der Waals surface area contributed by atoms with E-state index in [1.807, 2.05) is 19.0 Å². The standard InChI is InChI=1S/C10H13BrFNO/c1-13(2)6-7-9(14-3)5-4-8(12)10(7)11/h4-5H,6H2,1-3H3. The van der Waals surface area contributed by atoms with Gasteiger partial charge in [0.15, 0.2) is 0 Å². The lowest BCUT2D eigenvalue weighted by Gasteiger charge is -2.15. The Kier molecular flexibility index (Phi) is 3.89. The molecule has 0 fully saturated rings. The zero-order chi connectivity index (χ0) is 10.7. The first-order chi connectivity index (χ1) is 6.56. The van der Waals surface area contributed by atoms with Crippen LogP contribution < -0.4 is 4.74 Å². The number of methoxy groups -OCH3 is 1. The van der Waals surface area contributed by atoms with Crippen LogP contribution in [0, 0.1) is 5.82 Å². The van der Waals surface area contributed by atoms with Gasteiger partial charge in [0.25, 0.3) is 0 Å². The molecule has 0 spiro atoms. The van der Waals surface area contributed by atoms with E-state index in [-0.39, 0.29) is 5.82 Å². The van der Waals surface area contributed by atoms with Crippen LogP contribution in [0.15, 0.2) is 16.6 Å². The number of rotatable bonds is 3. The third-order valence-electron chi connectivity index (χ3n) is 1.85. The predicted octanol–water partition coefficient (Wildman–Crippen LogP) is 2.66. The molecule has 1 aromatic carbocycles. The van der Waals surface area contributed by atoms with Gasteiger partial charge in [0.05, 0.1) is 11.6 Å². The monoisotopic (exact) mass is 261 g/mol. The summed E-state index contributed by atoms with van der Waals surface area (Å²) in [5, 5.41) is 0. The molecule has 14 heavy (non-hydrogen) atoms. The molecule has 0 aliphatic carbocycles. The van der Waals surface area contributed by atoms with Gasteiger partial charge in [-0.3, -0.25) is 0 Å². The number of hydrogen-bond donors (Lipinski definition) is 0. The maximum atomic E-state index is 13.2. The molecule has 78 valence electrons. The summed E-state index contributed by atoms with van der Waals surface area (Å²) in [6.07, 6.45) is 0. The van der Waals surface area contributed by atoms with E-state index in [0.717, 1.165) is 5.56 Å². The summed E-state index contributed by atoms with van der Waals surface area (Å²) in [5.41, 5.74) is 0.831. The van der Waals surface area contributed by atoms with Gasteiger partial charge in [0.2, 0.25) is 0 Å². The van der Waals surface area contributed by atoms with Crippen molar-refractivity contribution < 1.29 is 9.13 Å². The van der Waals surface area contributed by atoms with Crippen molar-refractivity contribution in [2.24, 2.45) is 0 Å². The number of nitrogens with zero attached hydrogens (tertiary/aromatic N) is 1. The number of ether oxygens (including phenoxy) is 1. The second-order valence-electron chi connectivity index (χ2n) is 3.28. The fraction of sp³-hybridized carbons (Fsp3) is 0.400. The maximum Gasteiger partial charge on any atom is 0.137 e. The second kappa shape index (κ2) is 4.75. The summed E-state index contributed by atoms with van der Waals surface area (Å²) in [7, 11) is 5.44. The molecular formula is C10H13BrFNO. The van der Waals surface area contributed by atoms with Crippen LogP contribution in [0.3, 0.4) is 0 Å². The molecule has 2 nitrogen and oxygen atoms in total. The van der Waals surface area contributed by atoms with Gasteiger partial charge in [0, 0.05) is 12.1 Å². The van der Waals surface area contributed by atoms with E-state index in [1.54, 1.807) is 13.2 Å². The summed E-state index contributed by atoms with van der Waals surface area (Å²) in [5.74, 6) is 0.439. The quantitative estimate of drug-likeness (QED) is 0.830. The molecule has 0 amide bonds. The number of halogens is 2. The van der Waals surface area contributed by atoms with Crippen molar-refractivity contribution in [3.8, 4) is 5.75 Å². The van der Waals surface area contributed by atoms with Crippen LogP contribution in [0.25, 0.3) is 0 Å². The highest BCUT2D eigenvalue weighted by Gasteiger charge is 2.12. The first-order valence-electron chi connectivity index (χ1n) is 4.22. The lowest BCUT2D eigenvalue weighted by Crippen LogP contribution is -2.12. The van der Waals surface area contributed by atoms with Gasteiger partial charge >= 0.3 is 0 Å². The molecule has 0 radical (unpaired) electrons. The molecule has 0 saturated heterocycles. The molecule has 0 unspecified atom stereocenters. The van der Waals surface area contributed by atoms with Crippen LogP contribution in [-0.2, 0) is 6.54 Å². The zero-order valence-corrected chi connectivity index (χ0v) is 10.1. The van der Waals surface area contributed by atoms with E-state index in [1.165, 1.54) is 6.07 Å². The molecule has 4 heteroatoms. The van der Waals surface area contributed by atoms with Crippen LogP contribution in [0.1, 0.15) is 5.56 Å². The first-order valence-corrected chi connectivity index (χ1v) is 5.01.